The highest BCUT2D eigenvalue weighted by Crippen LogP contribution is 2.41. The molecule has 0 aromatic heterocycles. The molecule has 0 unspecified atom stereocenters. The number of ether oxygens (including phenoxy) is 1. The Kier molecular flexibility index (Phi) is 4.58. The maximum atomic E-state index is 12.8. The minimum absolute atomic E-state index is 0.0281. The normalized spacial score (nSPS) is 18.2. The number of piperidine rings is 1. The van der Waals surface area contributed by atoms with E-state index in [0.29, 0.717) is 43.7 Å². The van der Waals surface area contributed by atoms with E-state index in [1.54, 1.807) is 0 Å². The third-order valence-electron chi connectivity index (χ3n) is 5.57. The fourth-order valence-corrected chi connectivity index (χ4v) is 4.62. The molecule has 0 aliphatic carbocycles. The number of fused-ring (bicyclic) bond motifs is 1. The summed E-state index contributed by atoms with van der Waals surface area (Å²) < 4.78 is 7.27. The molecule has 2 heterocycles. The van der Waals surface area contributed by atoms with E-state index in [9.17, 15) is 9.59 Å². The Labute approximate surface area is 167 Å². The van der Waals surface area contributed by atoms with E-state index in [1.807, 2.05) is 55.1 Å². The smallest absolute Gasteiger partial charge is 0.253 e. The van der Waals surface area contributed by atoms with Gasteiger partial charge in [0.1, 0.15) is 11.4 Å². The third-order valence-corrected chi connectivity index (χ3v) is 6.06. The number of carbonyl (C=O) groups excluding carboxylic acids is 2. The van der Waals surface area contributed by atoms with Gasteiger partial charge in [-0.3, -0.25) is 9.59 Å². The number of ketones is 1. The highest BCUT2D eigenvalue weighted by atomic mass is 79.9. The maximum Gasteiger partial charge on any atom is 0.253 e. The molecule has 2 aromatic carbocycles. The van der Waals surface area contributed by atoms with Crippen LogP contribution < -0.4 is 4.74 Å². The number of carbonyl (C=O) groups is 2. The van der Waals surface area contributed by atoms with E-state index in [0.717, 1.165) is 21.2 Å². The summed E-state index contributed by atoms with van der Waals surface area (Å²) in [5, 5.41) is 0. The van der Waals surface area contributed by atoms with Crippen LogP contribution in [0.5, 0.6) is 5.75 Å². The van der Waals surface area contributed by atoms with E-state index in [-0.39, 0.29) is 11.7 Å². The first-order chi connectivity index (χ1) is 12.9. The van der Waals surface area contributed by atoms with Crippen LogP contribution in [0.3, 0.4) is 0 Å². The average molecular weight is 428 g/mol. The molecule has 2 aliphatic rings. The number of likely N-dealkylation sites (tertiary alicyclic amines) is 1. The van der Waals surface area contributed by atoms with Gasteiger partial charge >= 0.3 is 0 Å². The van der Waals surface area contributed by atoms with Crippen LogP contribution in [0.2, 0.25) is 0 Å². The molecule has 27 heavy (non-hydrogen) atoms. The molecule has 1 amide bonds. The molecule has 0 bridgehead atoms. The van der Waals surface area contributed by atoms with Gasteiger partial charge in [-0.25, -0.2) is 0 Å². The highest BCUT2D eigenvalue weighted by molar-refractivity contribution is 9.10. The molecule has 1 saturated heterocycles. The Bertz CT molecular complexity index is 929. The molecule has 0 N–H and O–H groups in total. The van der Waals surface area contributed by atoms with Crippen LogP contribution in [-0.2, 0) is 0 Å². The van der Waals surface area contributed by atoms with E-state index < -0.39 is 5.60 Å². The number of hydrogen-bond donors (Lipinski definition) is 0. The fourth-order valence-electron chi connectivity index (χ4n) is 4.22. The lowest BCUT2D eigenvalue weighted by atomic mass is 9.81. The van der Waals surface area contributed by atoms with Gasteiger partial charge < -0.3 is 9.64 Å². The second kappa shape index (κ2) is 6.79. The zero-order valence-corrected chi connectivity index (χ0v) is 17.1. The number of benzene rings is 2. The summed E-state index contributed by atoms with van der Waals surface area (Å²) in [5.74, 6) is 0.886. The Balaban J connectivity index is 1.52. The van der Waals surface area contributed by atoms with E-state index in [1.165, 1.54) is 0 Å². The number of rotatable bonds is 1. The van der Waals surface area contributed by atoms with Crippen LogP contribution in [0, 0.1) is 13.8 Å². The Morgan fingerprint density at radius 2 is 1.89 bits per heavy atom. The summed E-state index contributed by atoms with van der Waals surface area (Å²) in [5.41, 5.74) is 2.99. The molecule has 2 aliphatic heterocycles. The summed E-state index contributed by atoms with van der Waals surface area (Å²) in [7, 11) is 0. The molecule has 140 valence electrons. The third kappa shape index (κ3) is 3.41. The summed E-state index contributed by atoms with van der Waals surface area (Å²) in [6.07, 6.45) is 1.73. The Hall–Kier alpha value is -2.14. The van der Waals surface area contributed by atoms with Crippen LogP contribution in [0.4, 0.5) is 0 Å². The first kappa shape index (κ1) is 18.2. The van der Waals surface area contributed by atoms with Crippen molar-refractivity contribution in [3.63, 3.8) is 0 Å². The number of nitrogens with zero attached hydrogens (tertiary/aromatic N) is 1. The van der Waals surface area contributed by atoms with Crippen molar-refractivity contribution in [2.24, 2.45) is 0 Å². The molecule has 4 rings (SSSR count). The minimum atomic E-state index is -0.488. The number of hydrogen-bond acceptors (Lipinski definition) is 3. The average Bonchev–Trinajstić information content (AvgIpc) is 2.60. The SMILES string of the molecule is Cc1cc(C)c2c(c1)OC1(CCN(C(=O)c3cccc(Br)c3)CC1)CC2=O. The second-order valence-corrected chi connectivity index (χ2v) is 8.56. The van der Waals surface area contributed by atoms with Crippen molar-refractivity contribution in [2.75, 3.05) is 13.1 Å². The van der Waals surface area contributed by atoms with Crippen LogP contribution in [0.25, 0.3) is 0 Å². The van der Waals surface area contributed by atoms with Crippen molar-refractivity contribution in [3.8, 4) is 5.75 Å². The summed E-state index contributed by atoms with van der Waals surface area (Å²) in [6.45, 7) is 5.17. The summed E-state index contributed by atoms with van der Waals surface area (Å²) in [4.78, 5) is 27.4. The van der Waals surface area contributed by atoms with Crippen molar-refractivity contribution in [1.29, 1.82) is 0 Å². The molecule has 5 heteroatoms. The predicted molar refractivity (Wildman–Crippen MR) is 108 cm³/mol. The van der Waals surface area contributed by atoms with Crippen LogP contribution in [-0.4, -0.2) is 35.3 Å². The molecule has 0 radical (unpaired) electrons. The zero-order chi connectivity index (χ0) is 19.2. The first-order valence-corrected chi connectivity index (χ1v) is 10.0. The number of amides is 1. The second-order valence-electron chi connectivity index (χ2n) is 7.64. The first-order valence-electron chi connectivity index (χ1n) is 9.25. The van der Waals surface area contributed by atoms with Gasteiger partial charge in [-0.2, -0.15) is 0 Å². The van der Waals surface area contributed by atoms with Crippen molar-refractivity contribution >= 4 is 27.6 Å². The molecule has 2 aromatic rings. The number of halogens is 1. The van der Waals surface area contributed by atoms with Gasteiger partial charge in [0.05, 0.1) is 12.0 Å². The molecule has 0 saturated carbocycles. The Morgan fingerprint density at radius 1 is 1.15 bits per heavy atom. The van der Waals surface area contributed by atoms with Crippen molar-refractivity contribution in [2.45, 2.75) is 38.7 Å². The van der Waals surface area contributed by atoms with Crippen LogP contribution in [0.1, 0.15) is 51.1 Å². The minimum Gasteiger partial charge on any atom is -0.486 e. The molecular formula is C22H22BrNO3. The summed E-state index contributed by atoms with van der Waals surface area (Å²) in [6, 6.07) is 11.4. The van der Waals surface area contributed by atoms with Gasteiger partial charge in [-0.15, -0.1) is 0 Å². The molecule has 4 nitrogen and oxygen atoms in total. The predicted octanol–water partition coefficient (Wildman–Crippen LogP) is 4.71. The van der Waals surface area contributed by atoms with Gasteiger partial charge in [0.15, 0.2) is 5.78 Å². The summed E-state index contributed by atoms with van der Waals surface area (Å²) >= 11 is 3.42. The van der Waals surface area contributed by atoms with Gasteiger partial charge in [0, 0.05) is 36.0 Å². The van der Waals surface area contributed by atoms with Crippen LogP contribution in [0.15, 0.2) is 40.9 Å². The number of Topliss-reactive ketones (excluding diaryl/α,β-unsaturated/α-hetero) is 1. The monoisotopic (exact) mass is 427 g/mol. The largest absolute Gasteiger partial charge is 0.486 e. The standard InChI is InChI=1S/C22H22BrNO3/c1-14-10-15(2)20-18(25)13-22(27-19(20)11-14)6-8-24(9-7-22)21(26)16-4-3-5-17(23)12-16/h3-5,10-12H,6-9,13H2,1-2H3. The van der Waals surface area contributed by atoms with Gasteiger partial charge in [0.2, 0.25) is 0 Å². The lowest BCUT2D eigenvalue weighted by molar-refractivity contribution is -0.00581. The molecule has 1 fully saturated rings. The zero-order valence-electron chi connectivity index (χ0n) is 15.5. The van der Waals surface area contributed by atoms with E-state index in [2.05, 4.69) is 15.9 Å². The maximum absolute atomic E-state index is 12.8. The van der Waals surface area contributed by atoms with E-state index >= 15 is 0 Å². The Morgan fingerprint density at radius 3 is 2.59 bits per heavy atom. The lowest BCUT2D eigenvalue weighted by Gasteiger charge is -2.44. The fraction of sp³-hybridized carbons (Fsp3) is 0.364. The number of aryl methyl sites for hydroxylation is 2. The van der Waals surface area contributed by atoms with Gasteiger partial charge in [0.25, 0.3) is 5.91 Å². The van der Waals surface area contributed by atoms with Gasteiger partial charge in [-0.05, 0) is 49.2 Å². The van der Waals surface area contributed by atoms with Crippen molar-refractivity contribution in [3.05, 3.63) is 63.1 Å². The highest BCUT2D eigenvalue weighted by Gasteiger charge is 2.44. The van der Waals surface area contributed by atoms with Crippen molar-refractivity contribution in [1.82, 2.24) is 4.90 Å². The molecule has 1 spiro atoms. The quantitative estimate of drug-likeness (QED) is 0.661. The van der Waals surface area contributed by atoms with Gasteiger partial charge in [-0.1, -0.05) is 28.1 Å². The molecule has 0 atom stereocenters. The topological polar surface area (TPSA) is 46.6 Å². The van der Waals surface area contributed by atoms with E-state index in [4.69, 9.17) is 4.74 Å². The van der Waals surface area contributed by atoms with Crippen molar-refractivity contribution < 1.29 is 14.3 Å². The van der Waals surface area contributed by atoms with Crippen LogP contribution >= 0.6 is 15.9 Å². The lowest BCUT2D eigenvalue weighted by Crippen LogP contribution is -2.52. The molecular weight excluding hydrogens is 406 g/mol.